The molecule has 0 fully saturated rings. The summed E-state index contributed by atoms with van der Waals surface area (Å²) in [6.45, 7) is 2.10. The van der Waals surface area contributed by atoms with Gasteiger partial charge in [0.25, 0.3) is 0 Å². The Hall–Kier alpha value is -2.27. The highest BCUT2D eigenvalue weighted by atomic mass is 16.5. The summed E-state index contributed by atoms with van der Waals surface area (Å²) >= 11 is 0. The summed E-state index contributed by atoms with van der Waals surface area (Å²) in [6, 6.07) is 17.2. The molecule has 2 nitrogen and oxygen atoms in total. The fourth-order valence-corrected chi connectivity index (χ4v) is 1.62. The number of hydrogen-bond acceptors (Lipinski definition) is 2. The molecule has 84 valence electrons. The molecule has 2 aromatic rings. The molecule has 2 heteroatoms. The van der Waals surface area contributed by atoms with E-state index >= 15 is 0 Å². The number of rotatable bonds is 3. The Morgan fingerprint density at radius 3 is 2.41 bits per heavy atom. The second-order valence-corrected chi connectivity index (χ2v) is 3.70. The number of hydrogen-bond donors (Lipinski definition) is 0. The predicted octanol–water partition coefficient (Wildman–Crippen LogP) is 3.91. The fourth-order valence-electron chi connectivity index (χ4n) is 1.62. The second-order valence-electron chi connectivity index (χ2n) is 3.70. The van der Waals surface area contributed by atoms with Gasteiger partial charge in [0.05, 0.1) is 11.6 Å². The molecule has 0 spiro atoms. The molecular weight excluding hydrogens is 210 g/mol. The van der Waals surface area contributed by atoms with Gasteiger partial charge in [-0.1, -0.05) is 25.1 Å². The van der Waals surface area contributed by atoms with Crippen LogP contribution in [0.1, 0.15) is 18.1 Å². The monoisotopic (exact) mass is 223 g/mol. The van der Waals surface area contributed by atoms with E-state index in [-0.39, 0.29) is 0 Å². The van der Waals surface area contributed by atoms with Crippen LogP contribution in [-0.4, -0.2) is 0 Å². The van der Waals surface area contributed by atoms with E-state index in [1.807, 2.05) is 30.3 Å². The third-order valence-corrected chi connectivity index (χ3v) is 2.56. The van der Waals surface area contributed by atoms with Crippen molar-refractivity contribution in [2.75, 3.05) is 0 Å². The van der Waals surface area contributed by atoms with Crippen molar-refractivity contribution < 1.29 is 4.74 Å². The van der Waals surface area contributed by atoms with Gasteiger partial charge in [-0.25, -0.2) is 0 Å². The smallest absolute Gasteiger partial charge is 0.130 e. The van der Waals surface area contributed by atoms with Gasteiger partial charge in [0.1, 0.15) is 11.5 Å². The summed E-state index contributed by atoms with van der Waals surface area (Å²) in [5.41, 5.74) is 1.82. The van der Waals surface area contributed by atoms with Gasteiger partial charge in [-0.3, -0.25) is 0 Å². The molecule has 17 heavy (non-hydrogen) atoms. The zero-order valence-electron chi connectivity index (χ0n) is 9.68. The van der Waals surface area contributed by atoms with Crippen LogP contribution in [0.4, 0.5) is 0 Å². The van der Waals surface area contributed by atoms with Crippen molar-refractivity contribution in [1.82, 2.24) is 0 Å². The number of ether oxygens (including phenoxy) is 1. The molecule has 2 rings (SSSR count). The topological polar surface area (TPSA) is 33.0 Å². The minimum atomic E-state index is 0.640. The van der Waals surface area contributed by atoms with Crippen LogP contribution >= 0.6 is 0 Å². The molecule has 0 N–H and O–H groups in total. The maximum absolute atomic E-state index is 8.71. The second kappa shape index (κ2) is 5.18. The Balaban J connectivity index is 2.22. The van der Waals surface area contributed by atoms with Crippen LogP contribution in [0.15, 0.2) is 48.5 Å². The summed E-state index contributed by atoms with van der Waals surface area (Å²) in [4.78, 5) is 0. The summed E-state index contributed by atoms with van der Waals surface area (Å²) in [5, 5.41) is 8.71. The molecular formula is C15H13NO. The Morgan fingerprint density at radius 1 is 1.06 bits per heavy atom. The van der Waals surface area contributed by atoms with Crippen LogP contribution < -0.4 is 4.74 Å². The van der Waals surface area contributed by atoms with Crippen LogP contribution in [0, 0.1) is 11.3 Å². The summed E-state index contributed by atoms with van der Waals surface area (Å²) in [5.74, 6) is 1.63. The van der Waals surface area contributed by atoms with Crippen molar-refractivity contribution in [1.29, 1.82) is 5.26 Å². The van der Waals surface area contributed by atoms with Gasteiger partial charge < -0.3 is 4.74 Å². The third-order valence-electron chi connectivity index (χ3n) is 2.56. The first kappa shape index (κ1) is 11.2. The number of nitriles is 1. The van der Waals surface area contributed by atoms with Crippen molar-refractivity contribution in [2.24, 2.45) is 0 Å². The average molecular weight is 223 g/mol. The quantitative estimate of drug-likeness (QED) is 0.790. The molecule has 0 saturated heterocycles. The van der Waals surface area contributed by atoms with E-state index in [0.717, 1.165) is 17.9 Å². The van der Waals surface area contributed by atoms with Crippen LogP contribution in [0.25, 0.3) is 0 Å². The molecule has 0 amide bonds. The molecule has 0 aliphatic carbocycles. The normalized spacial score (nSPS) is 9.65. The van der Waals surface area contributed by atoms with Gasteiger partial charge in [0.2, 0.25) is 0 Å². The Labute approximate surface area is 101 Å². The van der Waals surface area contributed by atoms with E-state index < -0.39 is 0 Å². The van der Waals surface area contributed by atoms with E-state index in [1.54, 1.807) is 12.1 Å². The van der Waals surface area contributed by atoms with Crippen LogP contribution in [0.3, 0.4) is 0 Å². The number of nitrogens with zero attached hydrogens (tertiary/aromatic N) is 1. The Kier molecular flexibility index (Phi) is 3.42. The lowest BCUT2D eigenvalue weighted by molar-refractivity contribution is 0.477. The minimum absolute atomic E-state index is 0.640. The first-order chi connectivity index (χ1) is 8.33. The molecule has 2 aromatic carbocycles. The van der Waals surface area contributed by atoms with Crippen LogP contribution in [-0.2, 0) is 6.42 Å². The lowest BCUT2D eigenvalue weighted by Crippen LogP contribution is -1.89. The molecule has 0 heterocycles. The molecule has 0 radical (unpaired) electrons. The van der Waals surface area contributed by atoms with Gasteiger partial charge in [0, 0.05) is 0 Å². The lowest BCUT2D eigenvalue weighted by Gasteiger charge is -2.09. The van der Waals surface area contributed by atoms with E-state index in [2.05, 4.69) is 19.1 Å². The largest absolute Gasteiger partial charge is 0.457 e. The van der Waals surface area contributed by atoms with Gasteiger partial charge in [-0.05, 0) is 42.3 Å². The van der Waals surface area contributed by atoms with Crippen molar-refractivity contribution in [3.8, 4) is 17.6 Å². The molecule has 0 aromatic heterocycles. The SMILES string of the molecule is CCc1ccccc1Oc1ccc(C#N)cc1. The molecule has 0 saturated carbocycles. The highest BCUT2D eigenvalue weighted by Crippen LogP contribution is 2.25. The van der Waals surface area contributed by atoms with Crippen molar-refractivity contribution >= 4 is 0 Å². The fraction of sp³-hybridized carbons (Fsp3) is 0.133. The number of para-hydroxylation sites is 1. The van der Waals surface area contributed by atoms with Gasteiger partial charge in [-0.2, -0.15) is 5.26 Å². The number of aryl methyl sites for hydroxylation is 1. The molecule has 0 aliphatic heterocycles. The summed E-state index contributed by atoms with van der Waals surface area (Å²) < 4.78 is 5.79. The molecule has 0 atom stereocenters. The zero-order valence-corrected chi connectivity index (χ0v) is 9.68. The van der Waals surface area contributed by atoms with Gasteiger partial charge in [-0.15, -0.1) is 0 Å². The van der Waals surface area contributed by atoms with Crippen LogP contribution in [0.2, 0.25) is 0 Å². The minimum Gasteiger partial charge on any atom is -0.457 e. The van der Waals surface area contributed by atoms with E-state index in [0.29, 0.717) is 5.56 Å². The predicted molar refractivity (Wildman–Crippen MR) is 67.1 cm³/mol. The van der Waals surface area contributed by atoms with E-state index in [9.17, 15) is 0 Å². The molecule has 0 bridgehead atoms. The first-order valence-corrected chi connectivity index (χ1v) is 5.59. The Bertz CT molecular complexity index is 538. The first-order valence-electron chi connectivity index (χ1n) is 5.59. The Morgan fingerprint density at radius 2 is 1.76 bits per heavy atom. The summed E-state index contributed by atoms with van der Waals surface area (Å²) in [6.07, 6.45) is 0.937. The molecule has 0 unspecified atom stereocenters. The number of benzene rings is 2. The maximum atomic E-state index is 8.71. The molecule has 0 aliphatic rings. The standard InChI is InChI=1S/C15H13NO/c1-2-13-5-3-4-6-15(13)17-14-9-7-12(11-16)8-10-14/h3-10H,2H2,1H3. The highest BCUT2D eigenvalue weighted by molar-refractivity contribution is 5.40. The van der Waals surface area contributed by atoms with Crippen LogP contribution in [0.5, 0.6) is 11.5 Å². The zero-order chi connectivity index (χ0) is 12.1. The van der Waals surface area contributed by atoms with Crippen molar-refractivity contribution in [3.63, 3.8) is 0 Å². The van der Waals surface area contributed by atoms with Crippen molar-refractivity contribution in [2.45, 2.75) is 13.3 Å². The summed E-state index contributed by atoms with van der Waals surface area (Å²) in [7, 11) is 0. The van der Waals surface area contributed by atoms with Gasteiger partial charge in [0.15, 0.2) is 0 Å². The van der Waals surface area contributed by atoms with Crippen molar-refractivity contribution in [3.05, 3.63) is 59.7 Å². The van der Waals surface area contributed by atoms with Gasteiger partial charge >= 0.3 is 0 Å². The maximum Gasteiger partial charge on any atom is 0.130 e. The lowest BCUT2D eigenvalue weighted by atomic mass is 10.1. The van der Waals surface area contributed by atoms with E-state index in [1.165, 1.54) is 5.56 Å². The van der Waals surface area contributed by atoms with E-state index in [4.69, 9.17) is 10.00 Å². The average Bonchev–Trinajstić information content (AvgIpc) is 2.40. The highest BCUT2D eigenvalue weighted by Gasteiger charge is 2.02. The third kappa shape index (κ3) is 2.64.